The van der Waals surface area contributed by atoms with Gasteiger partial charge in [-0.25, -0.2) is 4.79 Å². The molecule has 1 aliphatic carbocycles. The zero-order chi connectivity index (χ0) is 12.3. The number of aliphatic carboxylic acids is 1. The van der Waals surface area contributed by atoms with Gasteiger partial charge in [-0.2, -0.15) is 0 Å². The second-order valence-corrected chi connectivity index (χ2v) is 4.46. The second kappa shape index (κ2) is 6.61. The number of halogens is 1. The first-order valence-corrected chi connectivity index (χ1v) is 5.85. The van der Waals surface area contributed by atoms with Crippen LogP contribution in [0, 0.1) is 5.92 Å². The summed E-state index contributed by atoms with van der Waals surface area (Å²) in [6, 6.07) is 5.81. The molecule has 0 saturated carbocycles. The van der Waals surface area contributed by atoms with Crippen LogP contribution in [0.25, 0.3) is 0 Å². The van der Waals surface area contributed by atoms with Crippen LogP contribution in [0.3, 0.4) is 0 Å². The summed E-state index contributed by atoms with van der Waals surface area (Å²) >= 11 is 0. The fraction of sp³-hybridized carbons (Fsp3) is 0.462. The van der Waals surface area contributed by atoms with Crippen molar-refractivity contribution >= 4 is 18.4 Å². The minimum atomic E-state index is -0.953. The van der Waals surface area contributed by atoms with E-state index in [-0.39, 0.29) is 19.0 Å². The number of carbonyl (C=O) groups is 1. The first kappa shape index (κ1) is 14.8. The lowest BCUT2D eigenvalue weighted by molar-refractivity contribution is -0.139. The molecule has 4 nitrogen and oxygen atoms in total. The third-order valence-corrected chi connectivity index (χ3v) is 3.20. The molecule has 3 N–H and O–H groups in total. The molecule has 1 atom stereocenters. The maximum Gasteiger partial charge on any atom is 0.341 e. The predicted molar refractivity (Wildman–Crippen MR) is 71.4 cm³/mol. The first-order chi connectivity index (χ1) is 8.19. The molecule has 0 aliphatic heterocycles. The Balaban J connectivity index is 0.00000162. The lowest BCUT2D eigenvalue weighted by Crippen LogP contribution is -2.22. The van der Waals surface area contributed by atoms with Gasteiger partial charge in [0.1, 0.15) is 5.75 Å². The van der Waals surface area contributed by atoms with Gasteiger partial charge < -0.3 is 15.6 Å². The summed E-state index contributed by atoms with van der Waals surface area (Å²) in [5, 5.41) is 8.54. The fourth-order valence-electron chi connectivity index (χ4n) is 2.24. The summed E-state index contributed by atoms with van der Waals surface area (Å²) in [6.45, 7) is 0.445. The first-order valence-electron chi connectivity index (χ1n) is 5.85. The molecule has 0 fully saturated rings. The Labute approximate surface area is 113 Å². The van der Waals surface area contributed by atoms with Crippen LogP contribution in [0.15, 0.2) is 18.2 Å². The van der Waals surface area contributed by atoms with Gasteiger partial charge in [0.2, 0.25) is 0 Å². The zero-order valence-electron chi connectivity index (χ0n) is 10.1. The van der Waals surface area contributed by atoms with Crippen molar-refractivity contribution in [2.45, 2.75) is 19.3 Å². The van der Waals surface area contributed by atoms with E-state index in [1.807, 2.05) is 18.2 Å². The Hall–Kier alpha value is -1.26. The lowest BCUT2D eigenvalue weighted by Gasteiger charge is -2.23. The molecule has 0 aromatic heterocycles. The molecular weight excluding hydrogens is 254 g/mol. The summed E-state index contributed by atoms with van der Waals surface area (Å²) in [7, 11) is 0. The van der Waals surface area contributed by atoms with Crippen molar-refractivity contribution in [1.82, 2.24) is 0 Å². The van der Waals surface area contributed by atoms with E-state index in [0.29, 0.717) is 11.7 Å². The molecule has 5 heteroatoms. The van der Waals surface area contributed by atoms with Crippen LogP contribution in [0.1, 0.15) is 17.5 Å². The quantitative estimate of drug-likeness (QED) is 0.873. The average molecular weight is 272 g/mol. The van der Waals surface area contributed by atoms with Crippen LogP contribution in [0.5, 0.6) is 5.75 Å². The van der Waals surface area contributed by atoms with E-state index in [4.69, 9.17) is 15.6 Å². The Kier molecular flexibility index (Phi) is 5.44. The van der Waals surface area contributed by atoms with Crippen LogP contribution in [-0.2, 0) is 17.6 Å². The van der Waals surface area contributed by atoms with E-state index >= 15 is 0 Å². The van der Waals surface area contributed by atoms with Gasteiger partial charge in [0.25, 0.3) is 0 Å². The summed E-state index contributed by atoms with van der Waals surface area (Å²) < 4.78 is 5.16. The predicted octanol–water partition coefficient (Wildman–Crippen LogP) is 1.64. The number of hydrogen-bond acceptors (Lipinski definition) is 3. The number of hydrogen-bond donors (Lipinski definition) is 2. The van der Waals surface area contributed by atoms with Crippen LogP contribution < -0.4 is 10.5 Å². The molecule has 0 spiro atoms. The number of fused-ring (bicyclic) bond motifs is 1. The largest absolute Gasteiger partial charge is 0.482 e. The van der Waals surface area contributed by atoms with E-state index in [2.05, 4.69) is 0 Å². The third-order valence-electron chi connectivity index (χ3n) is 3.20. The highest BCUT2D eigenvalue weighted by Crippen LogP contribution is 2.28. The number of nitrogens with two attached hydrogens (primary N) is 1. The highest BCUT2D eigenvalue weighted by Gasteiger charge is 2.17. The van der Waals surface area contributed by atoms with E-state index in [1.54, 1.807) is 0 Å². The molecular formula is C13H18ClNO3. The average Bonchev–Trinajstić information content (AvgIpc) is 2.35. The smallest absolute Gasteiger partial charge is 0.341 e. The second-order valence-electron chi connectivity index (χ2n) is 4.46. The highest BCUT2D eigenvalue weighted by atomic mass is 35.5. The summed E-state index contributed by atoms with van der Waals surface area (Å²) in [5.41, 5.74) is 8.26. The Morgan fingerprint density at radius 2 is 2.22 bits per heavy atom. The van der Waals surface area contributed by atoms with Crippen LogP contribution in [0.2, 0.25) is 0 Å². The number of ether oxygens (including phenoxy) is 1. The highest BCUT2D eigenvalue weighted by molar-refractivity contribution is 5.85. The number of benzene rings is 1. The van der Waals surface area contributed by atoms with E-state index in [9.17, 15) is 4.79 Å². The van der Waals surface area contributed by atoms with Gasteiger partial charge in [0, 0.05) is 0 Å². The van der Waals surface area contributed by atoms with Crippen molar-refractivity contribution in [2.24, 2.45) is 11.7 Å². The van der Waals surface area contributed by atoms with Crippen molar-refractivity contribution in [1.29, 1.82) is 0 Å². The topological polar surface area (TPSA) is 72.5 Å². The van der Waals surface area contributed by atoms with Gasteiger partial charge in [-0.1, -0.05) is 6.07 Å². The summed E-state index contributed by atoms with van der Waals surface area (Å²) in [6.07, 6.45) is 3.12. The molecule has 1 aliphatic rings. The Morgan fingerprint density at radius 1 is 1.44 bits per heavy atom. The third kappa shape index (κ3) is 3.62. The molecule has 0 unspecified atom stereocenters. The lowest BCUT2D eigenvalue weighted by atomic mass is 9.84. The maximum absolute atomic E-state index is 10.4. The van der Waals surface area contributed by atoms with Gasteiger partial charge in [0.15, 0.2) is 6.61 Å². The molecule has 0 heterocycles. The van der Waals surface area contributed by atoms with Crippen LogP contribution in [0.4, 0.5) is 0 Å². The fourth-order valence-corrected chi connectivity index (χ4v) is 2.24. The van der Waals surface area contributed by atoms with Gasteiger partial charge >= 0.3 is 5.97 Å². The molecule has 0 radical (unpaired) electrons. The zero-order valence-corrected chi connectivity index (χ0v) is 10.9. The molecule has 2 rings (SSSR count). The van der Waals surface area contributed by atoms with Crippen molar-refractivity contribution in [2.75, 3.05) is 13.2 Å². The van der Waals surface area contributed by atoms with Crippen molar-refractivity contribution in [3.63, 3.8) is 0 Å². The normalized spacial score (nSPS) is 17.5. The van der Waals surface area contributed by atoms with Crippen LogP contribution >= 0.6 is 12.4 Å². The van der Waals surface area contributed by atoms with Crippen molar-refractivity contribution < 1.29 is 14.6 Å². The van der Waals surface area contributed by atoms with Gasteiger partial charge in [-0.05, 0) is 55.0 Å². The summed E-state index contributed by atoms with van der Waals surface area (Å²) in [5.74, 6) is 0.261. The molecule has 1 aromatic carbocycles. The van der Waals surface area contributed by atoms with Crippen molar-refractivity contribution in [3.8, 4) is 5.75 Å². The monoisotopic (exact) mass is 271 g/mol. The maximum atomic E-state index is 10.4. The number of carboxylic acids is 1. The van der Waals surface area contributed by atoms with E-state index < -0.39 is 5.97 Å². The standard InChI is InChI=1S/C13H17NO3.ClH/c14-7-9-1-2-11-6-12(17-8-13(15)16)4-3-10(11)5-9;/h3-4,6,9H,1-2,5,7-8,14H2,(H,15,16);1H/t9-;/m0./s1. The van der Waals surface area contributed by atoms with E-state index in [1.165, 1.54) is 11.1 Å². The Morgan fingerprint density at radius 3 is 2.89 bits per heavy atom. The molecule has 100 valence electrons. The van der Waals surface area contributed by atoms with Crippen molar-refractivity contribution in [3.05, 3.63) is 29.3 Å². The summed E-state index contributed by atoms with van der Waals surface area (Å²) in [4.78, 5) is 10.4. The van der Waals surface area contributed by atoms with Gasteiger partial charge in [0.05, 0.1) is 0 Å². The number of rotatable bonds is 4. The minimum absolute atomic E-state index is 0. The SMILES string of the molecule is Cl.NC[C@H]1CCc2cc(OCC(=O)O)ccc2C1. The number of carboxylic acid groups (broad SMARTS) is 1. The molecule has 0 amide bonds. The van der Waals surface area contributed by atoms with Gasteiger partial charge in [-0.3, -0.25) is 0 Å². The minimum Gasteiger partial charge on any atom is -0.482 e. The molecule has 1 aromatic rings. The van der Waals surface area contributed by atoms with E-state index in [0.717, 1.165) is 25.8 Å². The molecule has 18 heavy (non-hydrogen) atoms. The van der Waals surface area contributed by atoms with Crippen LogP contribution in [-0.4, -0.2) is 24.2 Å². The number of aryl methyl sites for hydroxylation is 1. The van der Waals surface area contributed by atoms with Gasteiger partial charge in [-0.15, -0.1) is 12.4 Å². The molecule has 0 bridgehead atoms. The Bertz CT molecular complexity index is 423. The molecule has 0 saturated heterocycles.